The molecule has 0 aliphatic rings. The molecule has 3 rings (SSSR count). The third-order valence-corrected chi connectivity index (χ3v) is 6.67. The predicted octanol–water partition coefficient (Wildman–Crippen LogP) is 5.96. The van der Waals surface area contributed by atoms with Crippen molar-refractivity contribution in [1.29, 1.82) is 5.26 Å². The number of rotatable bonds is 6. The van der Waals surface area contributed by atoms with Crippen LogP contribution in [-0.2, 0) is 10.2 Å². The highest BCUT2D eigenvalue weighted by Gasteiger charge is 2.22. The Kier molecular flexibility index (Phi) is 7.53. The minimum absolute atomic E-state index is 0.0108. The van der Waals surface area contributed by atoms with E-state index in [1.54, 1.807) is 22.8 Å². The van der Waals surface area contributed by atoms with E-state index < -0.39 is 0 Å². The molecule has 9 heteroatoms. The maximum atomic E-state index is 12.5. The molecule has 0 amide bonds. The van der Waals surface area contributed by atoms with Crippen molar-refractivity contribution in [2.24, 2.45) is 5.73 Å². The molecule has 0 aliphatic carbocycles. The quantitative estimate of drug-likeness (QED) is 0.255. The molecule has 0 unspecified atom stereocenters. The zero-order valence-corrected chi connectivity index (χ0v) is 21.0. The van der Waals surface area contributed by atoms with E-state index in [-0.39, 0.29) is 28.2 Å². The summed E-state index contributed by atoms with van der Waals surface area (Å²) in [6.07, 6.45) is 0. The molecule has 0 fully saturated rings. The van der Waals surface area contributed by atoms with Crippen LogP contribution in [0.3, 0.4) is 0 Å². The molecule has 0 bridgehead atoms. The van der Waals surface area contributed by atoms with Crippen LogP contribution in [0.2, 0.25) is 10.0 Å². The third kappa shape index (κ3) is 5.41. The van der Waals surface area contributed by atoms with E-state index in [0.717, 1.165) is 17.3 Å². The van der Waals surface area contributed by atoms with Crippen molar-refractivity contribution >= 4 is 40.7 Å². The first kappa shape index (κ1) is 24.8. The van der Waals surface area contributed by atoms with Crippen LogP contribution in [-0.4, -0.2) is 26.3 Å². The lowest BCUT2D eigenvalue weighted by atomic mass is 9.87. The van der Waals surface area contributed by atoms with E-state index in [1.165, 1.54) is 12.5 Å². The van der Waals surface area contributed by atoms with Gasteiger partial charge >= 0.3 is 0 Å². The molecule has 0 radical (unpaired) electrons. The van der Waals surface area contributed by atoms with Crippen molar-refractivity contribution in [3.63, 3.8) is 0 Å². The summed E-state index contributed by atoms with van der Waals surface area (Å²) >= 11 is 13.9. The zero-order chi connectivity index (χ0) is 24.3. The number of allylic oxidation sites excluding steroid dienone is 2. The topological polar surface area (TPSA) is 97.6 Å². The maximum Gasteiger partial charge on any atom is 0.196 e. The summed E-state index contributed by atoms with van der Waals surface area (Å²) in [7, 11) is 0. The van der Waals surface area contributed by atoms with Crippen molar-refractivity contribution in [1.82, 2.24) is 14.8 Å². The van der Waals surface area contributed by atoms with Crippen LogP contribution >= 0.6 is 35.0 Å². The second kappa shape index (κ2) is 10.0. The van der Waals surface area contributed by atoms with Crippen molar-refractivity contribution in [2.45, 2.75) is 38.3 Å². The summed E-state index contributed by atoms with van der Waals surface area (Å²) in [4.78, 5) is 12.5. The van der Waals surface area contributed by atoms with Gasteiger partial charge in [-0.15, -0.1) is 10.2 Å². The molecule has 0 aliphatic heterocycles. The molecular weight excluding hydrogens is 477 g/mol. The molecule has 1 aromatic heterocycles. The number of Topliss-reactive ketones (excluding diaryl/α,β-unsaturated/α-hetero) is 1. The fourth-order valence-electron chi connectivity index (χ4n) is 3.12. The molecule has 2 aromatic carbocycles. The number of nitrogens with two attached hydrogens (primary N) is 1. The average Bonchev–Trinajstić information content (AvgIpc) is 3.17. The number of thioether (sulfide) groups is 1. The average molecular weight is 500 g/mol. The summed E-state index contributed by atoms with van der Waals surface area (Å²) in [6, 6.07) is 15.2. The first-order chi connectivity index (χ1) is 15.5. The van der Waals surface area contributed by atoms with Crippen molar-refractivity contribution in [3.8, 4) is 23.1 Å². The van der Waals surface area contributed by atoms with Crippen LogP contribution in [0.15, 0.2) is 58.9 Å². The predicted molar refractivity (Wildman–Crippen MR) is 134 cm³/mol. The van der Waals surface area contributed by atoms with Crippen LogP contribution in [0.4, 0.5) is 0 Å². The monoisotopic (exact) mass is 499 g/mol. The first-order valence-electron chi connectivity index (χ1n) is 10.1. The van der Waals surface area contributed by atoms with Gasteiger partial charge in [0.15, 0.2) is 16.8 Å². The number of carbonyl (C=O) groups excluding carboxylic acids is 1. The van der Waals surface area contributed by atoms with E-state index in [1.807, 2.05) is 18.2 Å². The molecular formula is C24H23Cl2N5OS. The maximum absolute atomic E-state index is 12.5. The lowest BCUT2D eigenvalue weighted by Gasteiger charge is -2.19. The Hall–Kier alpha value is -2.79. The summed E-state index contributed by atoms with van der Waals surface area (Å²) < 4.78 is 1.77. The fraction of sp³-hybridized carbons (Fsp3) is 0.250. The van der Waals surface area contributed by atoms with Crippen molar-refractivity contribution < 1.29 is 4.79 Å². The Labute approximate surface area is 207 Å². The molecule has 1 heterocycles. The van der Waals surface area contributed by atoms with Gasteiger partial charge in [-0.3, -0.25) is 9.36 Å². The number of nitrogens with zero attached hydrogens (tertiary/aromatic N) is 4. The minimum Gasteiger partial charge on any atom is -0.401 e. The largest absolute Gasteiger partial charge is 0.401 e. The smallest absolute Gasteiger partial charge is 0.196 e. The molecule has 0 saturated heterocycles. The Morgan fingerprint density at radius 1 is 1.15 bits per heavy atom. The van der Waals surface area contributed by atoms with Gasteiger partial charge in [-0.1, -0.05) is 86.1 Å². The number of nitriles is 1. The fourth-order valence-corrected chi connectivity index (χ4v) is 4.32. The molecule has 0 atom stereocenters. The number of ketones is 1. The molecule has 0 spiro atoms. The van der Waals surface area contributed by atoms with Gasteiger partial charge < -0.3 is 5.73 Å². The number of carbonyl (C=O) groups is 1. The van der Waals surface area contributed by atoms with Crippen LogP contribution in [0.5, 0.6) is 0 Å². The number of hydrogen-bond donors (Lipinski definition) is 1. The Balaban J connectivity index is 2.08. The Morgan fingerprint density at radius 2 is 1.82 bits per heavy atom. The lowest BCUT2D eigenvalue weighted by Crippen LogP contribution is -2.11. The van der Waals surface area contributed by atoms with Crippen molar-refractivity contribution in [3.05, 3.63) is 69.3 Å². The standard InChI is InChI=1S/C24H23Cl2N5OS/c1-14(28)17(12-27)20(32)13-33-23-30-29-22(15-8-10-16(11-9-15)24(2,3)4)31(23)19-7-5-6-18(25)21(19)26/h5-11H,13,28H2,1-4H3/b17-14+. The summed E-state index contributed by atoms with van der Waals surface area (Å²) in [6.45, 7) is 7.97. The zero-order valence-electron chi connectivity index (χ0n) is 18.7. The van der Waals surface area contributed by atoms with Gasteiger partial charge in [0.05, 0.1) is 21.5 Å². The van der Waals surface area contributed by atoms with Crippen LogP contribution in [0.25, 0.3) is 17.1 Å². The number of benzene rings is 2. The van der Waals surface area contributed by atoms with E-state index in [9.17, 15) is 10.1 Å². The van der Waals surface area contributed by atoms with Crippen LogP contribution in [0, 0.1) is 11.3 Å². The van der Waals surface area contributed by atoms with E-state index >= 15 is 0 Å². The third-order valence-electron chi connectivity index (χ3n) is 4.93. The number of aromatic nitrogens is 3. The Morgan fingerprint density at radius 3 is 2.39 bits per heavy atom. The highest BCUT2D eigenvalue weighted by atomic mass is 35.5. The van der Waals surface area contributed by atoms with E-state index in [0.29, 0.717) is 26.7 Å². The molecule has 6 nitrogen and oxygen atoms in total. The molecule has 2 N–H and O–H groups in total. The SMILES string of the molecule is C/C(N)=C(/C#N)C(=O)CSc1nnc(-c2ccc(C(C)(C)C)cc2)n1-c1cccc(Cl)c1Cl. The van der Waals surface area contributed by atoms with Gasteiger partial charge in [0.1, 0.15) is 11.6 Å². The van der Waals surface area contributed by atoms with Gasteiger partial charge in [0.2, 0.25) is 0 Å². The van der Waals surface area contributed by atoms with E-state index in [4.69, 9.17) is 28.9 Å². The minimum atomic E-state index is -0.384. The molecule has 3 aromatic rings. The first-order valence-corrected chi connectivity index (χ1v) is 11.8. The second-order valence-corrected chi connectivity index (χ2v) is 10.2. The number of halogens is 2. The molecule has 170 valence electrons. The highest BCUT2D eigenvalue weighted by Crippen LogP contribution is 2.35. The van der Waals surface area contributed by atoms with Crippen molar-refractivity contribution in [2.75, 3.05) is 5.75 Å². The highest BCUT2D eigenvalue weighted by molar-refractivity contribution is 7.99. The Bertz CT molecular complexity index is 1260. The van der Waals surface area contributed by atoms with Crippen LogP contribution < -0.4 is 5.73 Å². The summed E-state index contributed by atoms with van der Waals surface area (Å²) in [5, 5.41) is 19.1. The van der Waals surface area contributed by atoms with Gasteiger partial charge in [-0.25, -0.2) is 0 Å². The molecule has 33 heavy (non-hydrogen) atoms. The van der Waals surface area contributed by atoms with Gasteiger partial charge in [-0.05, 0) is 30.0 Å². The molecule has 0 saturated carbocycles. The van der Waals surface area contributed by atoms with Gasteiger partial charge in [0.25, 0.3) is 0 Å². The second-order valence-electron chi connectivity index (χ2n) is 8.42. The summed E-state index contributed by atoms with van der Waals surface area (Å²) in [5.41, 5.74) is 8.40. The van der Waals surface area contributed by atoms with Crippen LogP contribution in [0.1, 0.15) is 33.3 Å². The lowest BCUT2D eigenvalue weighted by molar-refractivity contribution is -0.112. The van der Waals surface area contributed by atoms with Gasteiger partial charge in [0, 0.05) is 11.3 Å². The van der Waals surface area contributed by atoms with E-state index in [2.05, 4.69) is 43.1 Å². The number of hydrogen-bond acceptors (Lipinski definition) is 6. The normalized spacial score (nSPS) is 12.3. The summed E-state index contributed by atoms with van der Waals surface area (Å²) in [5.74, 6) is 0.141. The van der Waals surface area contributed by atoms with Gasteiger partial charge in [-0.2, -0.15) is 5.26 Å².